The van der Waals surface area contributed by atoms with Gasteiger partial charge in [0.05, 0.1) is 10.7 Å². The van der Waals surface area contributed by atoms with E-state index < -0.39 is 0 Å². The Morgan fingerprint density at radius 2 is 2.19 bits per heavy atom. The van der Waals surface area contributed by atoms with Crippen molar-refractivity contribution >= 4 is 29.2 Å². The van der Waals surface area contributed by atoms with E-state index >= 15 is 0 Å². The van der Waals surface area contributed by atoms with Crippen LogP contribution in [-0.2, 0) is 5.75 Å². The highest BCUT2D eigenvalue weighted by atomic mass is 35.5. The van der Waals surface area contributed by atoms with Gasteiger partial charge in [-0.05, 0) is 30.7 Å². The summed E-state index contributed by atoms with van der Waals surface area (Å²) in [7, 11) is 0. The summed E-state index contributed by atoms with van der Waals surface area (Å²) >= 11 is 7.99. The van der Waals surface area contributed by atoms with Crippen molar-refractivity contribution in [3.05, 3.63) is 22.8 Å². The van der Waals surface area contributed by atoms with E-state index in [0.29, 0.717) is 5.92 Å². The van der Waals surface area contributed by atoms with Crippen LogP contribution in [0, 0.1) is 5.92 Å². The second-order valence-corrected chi connectivity index (χ2v) is 5.50. The van der Waals surface area contributed by atoms with Crippen LogP contribution >= 0.6 is 23.4 Å². The maximum atomic E-state index is 6.11. The van der Waals surface area contributed by atoms with E-state index in [-0.39, 0.29) is 0 Å². The molecule has 4 heteroatoms. The number of nitrogens with one attached hydrogen (secondary N) is 1. The number of halogens is 1. The molecule has 0 fully saturated rings. The van der Waals surface area contributed by atoms with E-state index in [1.165, 1.54) is 0 Å². The molecule has 1 aromatic rings. The quantitative estimate of drug-likeness (QED) is 0.833. The zero-order valence-electron chi connectivity index (χ0n) is 10.1. The number of aromatic nitrogens is 1. The van der Waals surface area contributed by atoms with Crippen LogP contribution in [0.1, 0.15) is 26.5 Å². The van der Waals surface area contributed by atoms with Crippen molar-refractivity contribution in [3.63, 3.8) is 0 Å². The molecule has 0 aliphatic carbocycles. The molecule has 0 spiro atoms. The Kier molecular flexibility index (Phi) is 5.99. The van der Waals surface area contributed by atoms with Crippen molar-refractivity contribution in [2.24, 2.45) is 5.92 Å². The zero-order valence-corrected chi connectivity index (χ0v) is 11.7. The highest BCUT2D eigenvalue weighted by Crippen LogP contribution is 2.22. The predicted octanol–water partition coefficient (Wildman–Crippen LogP) is 4.06. The summed E-state index contributed by atoms with van der Waals surface area (Å²) in [4.78, 5) is 4.49. The van der Waals surface area contributed by atoms with Crippen molar-refractivity contribution in [1.82, 2.24) is 4.98 Å². The third-order valence-electron chi connectivity index (χ3n) is 1.97. The Morgan fingerprint density at radius 1 is 1.44 bits per heavy atom. The van der Waals surface area contributed by atoms with Crippen molar-refractivity contribution < 1.29 is 0 Å². The summed E-state index contributed by atoms with van der Waals surface area (Å²) in [5.41, 5.74) is 0.978. The van der Waals surface area contributed by atoms with Gasteiger partial charge in [0, 0.05) is 12.3 Å². The SMILES string of the molecule is CCNc1ccc(Cl)c(CSCC(C)C)n1. The molecule has 1 heterocycles. The van der Waals surface area contributed by atoms with Gasteiger partial charge in [0.25, 0.3) is 0 Å². The van der Waals surface area contributed by atoms with E-state index in [2.05, 4.69) is 31.1 Å². The Bertz CT molecular complexity index is 329. The van der Waals surface area contributed by atoms with Gasteiger partial charge in [-0.25, -0.2) is 4.98 Å². The lowest BCUT2D eigenvalue weighted by Gasteiger charge is -2.08. The number of nitrogens with zero attached hydrogens (tertiary/aromatic N) is 1. The number of thioether (sulfide) groups is 1. The molecule has 16 heavy (non-hydrogen) atoms. The summed E-state index contributed by atoms with van der Waals surface area (Å²) in [5, 5.41) is 3.96. The molecule has 0 amide bonds. The van der Waals surface area contributed by atoms with Gasteiger partial charge in [-0.2, -0.15) is 11.8 Å². The molecule has 0 radical (unpaired) electrons. The van der Waals surface area contributed by atoms with Gasteiger partial charge < -0.3 is 5.32 Å². The lowest BCUT2D eigenvalue weighted by molar-refractivity contribution is 0.750. The molecule has 0 unspecified atom stereocenters. The molecular weight excluding hydrogens is 240 g/mol. The fraction of sp³-hybridized carbons (Fsp3) is 0.583. The molecule has 1 aromatic heterocycles. The molecule has 0 aliphatic rings. The van der Waals surface area contributed by atoms with Crippen LogP contribution in [0.2, 0.25) is 5.02 Å². The van der Waals surface area contributed by atoms with E-state index in [0.717, 1.165) is 34.6 Å². The van der Waals surface area contributed by atoms with Gasteiger partial charge in [0.1, 0.15) is 5.82 Å². The van der Waals surface area contributed by atoms with E-state index in [1.54, 1.807) is 0 Å². The van der Waals surface area contributed by atoms with Crippen LogP contribution in [-0.4, -0.2) is 17.3 Å². The van der Waals surface area contributed by atoms with Crippen LogP contribution in [0.25, 0.3) is 0 Å². The monoisotopic (exact) mass is 258 g/mol. The van der Waals surface area contributed by atoms with Crippen molar-refractivity contribution in [2.75, 3.05) is 17.6 Å². The molecule has 0 aliphatic heterocycles. The Balaban J connectivity index is 2.59. The molecule has 0 saturated carbocycles. The molecule has 1 N–H and O–H groups in total. The fourth-order valence-corrected chi connectivity index (χ4v) is 2.51. The van der Waals surface area contributed by atoms with Crippen molar-refractivity contribution in [2.45, 2.75) is 26.5 Å². The van der Waals surface area contributed by atoms with Crippen molar-refractivity contribution in [1.29, 1.82) is 0 Å². The molecule has 90 valence electrons. The molecule has 1 rings (SSSR count). The second-order valence-electron chi connectivity index (χ2n) is 4.06. The lowest BCUT2D eigenvalue weighted by Crippen LogP contribution is -2.01. The number of rotatable bonds is 6. The Hall–Kier alpha value is -0.410. The maximum absolute atomic E-state index is 6.11. The first-order chi connectivity index (χ1) is 7.63. The lowest BCUT2D eigenvalue weighted by atomic mass is 10.3. The van der Waals surface area contributed by atoms with E-state index in [4.69, 9.17) is 11.6 Å². The zero-order chi connectivity index (χ0) is 12.0. The predicted molar refractivity (Wildman–Crippen MR) is 74.4 cm³/mol. The average molecular weight is 259 g/mol. The molecule has 0 aromatic carbocycles. The molecular formula is C12H19ClN2S. The highest BCUT2D eigenvalue weighted by Gasteiger charge is 2.04. The van der Waals surface area contributed by atoms with Gasteiger partial charge in [0.15, 0.2) is 0 Å². The number of hydrogen-bond donors (Lipinski definition) is 1. The third-order valence-corrected chi connectivity index (χ3v) is 3.69. The third kappa shape index (κ3) is 4.62. The minimum Gasteiger partial charge on any atom is -0.370 e. The topological polar surface area (TPSA) is 24.9 Å². The van der Waals surface area contributed by atoms with Gasteiger partial charge in [-0.15, -0.1) is 0 Å². The standard InChI is InChI=1S/C12H19ClN2S/c1-4-14-12-6-5-10(13)11(15-12)8-16-7-9(2)3/h5-6,9H,4,7-8H2,1-3H3,(H,14,15). The van der Waals surface area contributed by atoms with Gasteiger partial charge in [-0.1, -0.05) is 25.4 Å². The highest BCUT2D eigenvalue weighted by molar-refractivity contribution is 7.98. The first-order valence-corrected chi connectivity index (χ1v) is 7.13. The first kappa shape index (κ1) is 13.7. The van der Waals surface area contributed by atoms with Gasteiger partial charge in [-0.3, -0.25) is 0 Å². The van der Waals surface area contributed by atoms with E-state index in [9.17, 15) is 0 Å². The minimum atomic E-state index is 0.709. The molecule has 0 atom stereocenters. The smallest absolute Gasteiger partial charge is 0.126 e. The first-order valence-electron chi connectivity index (χ1n) is 5.60. The largest absolute Gasteiger partial charge is 0.370 e. The van der Waals surface area contributed by atoms with Gasteiger partial charge in [0.2, 0.25) is 0 Å². The van der Waals surface area contributed by atoms with E-state index in [1.807, 2.05) is 23.9 Å². The van der Waals surface area contributed by atoms with Crippen LogP contribution in [0.5, 0.6) is 0 Å². The fourth-order valence-electron chi connectivity index (χ4n) is 1.26. The maximum Gasteiger partial charge on any atom is 0.126 e. The normalized spacial score (nSPS) is 10.8. The number of hydrogen-bond acceptors (Lipinski definition) is 3. The van der Waals surface area contributed by atoms with Crippen LogP contribution < -0.4 is 5.32 Å². The summed E-state index contributed by atoms with van der Waals surface area (Å²) in [6.45, 7) is 7.38. The van der Waals surface area contributed by atoms with Crippen molar-refractivity contribution in [3.8, 4) is 0 Å². The molecule has 0 bridgehead atoms. The summed E-state index contributed by atoms with van der Waals surface area (Å²) < 4.78 is 0. The molecule has 0 saturated heterocycles. The summed E-state index contributed by atoms with van der Waals surface area (Å²) in [6, 6.07) is 3.83. The Labute approximate surface area is 107 Å². The van der Waals surface area contributed by atoms with Crippen LogP contribution in [0.4, 0.5) is 5.82 Å². The minimum absolute atomic E-state index is 0.709. The number of pyridine rings is 1. The van der Waals surface area contributed by atoms with Crippen LogP contribution in [0.3, 0.4) is 0 Å². The van der Waals surface area contributed by atoms with Crippen LogP contribution in [0.15, 0.2) is 12.1 Å². The summed E-state index contributed by atoms with van der Waals surface area (Å²) in [6.07, 6.45) is 0. The summed E-state index contributed by atoms with van der Waals surface area (Å²) in [5.74, 6) is 3.65. The number of anilines is 1. The van der Waals surface area contributed by atoms with Gasteiger partial charge >= 0.3 is 0 Å². The Morgan fingerprint density at radius 3 is 2.81 bits per heavy atom. The second kappa shape index (κ2) is 7.02. The molecule has 2 nitrogen and oxygen atoms in total. The average Bonchev–Trinajstić information content (AvgIpc) is 2.22.